The smallest absolute Gasteiger partial charge is 0.0466 e. The molecule has 0 unspecified atom stereocenters. The van der Waals surface area contributed by atoms with Crippen LogP contribution < -0.4 is 0 Å². The molecule has 0 bridgehead atoms. The Kier molecular flexibility index (Phi) is 10.9. The van der Waals surface area contributed by atoms with Crippen molar-refractivity contribution in [2.75, 3.05) is 13.2 Å². The molecule has 0 fully saturated rings. The molecule has 0 aromatic carbocycles. The normalized spacial score (nSPS) is 11.5. The highest BCUT2D eigenvalue weighted by molar-refractivity contribution is 7.99. The van der Waals surface area contributed by atoms with E-state index in [1.54, 1.807) is 0 Å². The minimum atomic E-state index is 0.183. The zero-order valence-corrected chi connectivity index (χ0v) is 11.2. The molecule has 0 spiro atoms. The van der Waals surface area contributed by atoms with E-state index in [1.807, 2.05) is 0 Å². The summed E-state index contributed by atoms with van der Waals surface area (Å²) >= 11 is 16.6. The Balaban J connectivity index is 2.92. The first kappa shape index (κ1) is 14.4. The van der Waals surface area contributed by atoms with Gasteiger partial charge in [-0.2, -0.15) is 50.5 Å². The van der Waals surface area contributed by atoms with Crippen LogP contribution in [-0.2, 0) is 4.74 Å². The van der Waals surface area contributed by atoms with Crippen LogP contribution >= 0.6 is 50.5 Å². The van der Waals surface area contributed by atoms with Gasteiger partial charge in [0, 0.05) is 22.4 Å². The third-order valence-corrected chi connectivity index (χ3v) is 2.53. The van der Waals surface area contributed by atoms with Crippen LogP contribution in [0.3, 0.4) is 0 Å². The fraction of sp³-hybridized carbons (Fsp3) is 1.00. The summed E-state index contributed by atoms with van der Waals surface area (Å²) in [5.41, 5.74) is 0. The molecule has 13 heavy (non-hydrogen) atoms. The second-order valence-electron chi connectivity index (χ2n) is 2.86. The first-order chi connectivity index (χ1) is 6.13. The molecule has 0 radical (unpaired) electrons. The van der Waals surface area contributed by atoms with Gasteiger partial charge in [0.1, 0.15) is 0 Å². The van der Waals surface area contributed by atoms with Gasteiger partial charge < -0.3 is 4.74 Å². The molecule has 0 aromatic rings. The maximum absolute atomic E-state index is 5.40. The third kappa shape index (κ3) is 13.4. The largest absolute Gasteiger partial charge is 0.381 e. The van der Waals surface area contributed by atoms with Crippen LogP contribution in [-0.4, -0.2) is 22.4 Å². The van der Waals surface area contributed by atoms with Gasteiger partial charge in [-0.25, -0.2) is 0 Å². The number of thiol groups is 4. The molecule has 0 aliphatic carbocycles. The molecular weight excluding hydrogens is 240 g/mol. The van der Waals surface area contributed by atoms with Crippen LogP contribution in [0.25, 0.3) is 0 Å². The summed E-state index contributed by atoms with van der Waals surface area (Å²) < 4.78 is 5.77. The van der Waals surface area contributed by atoms with E-state index in [2.05, 4.69) is 50.5 Å². The van der Waals surface area contributed by atoms with E-state index >= 15 is 0 Å². The zero-order valence-electron chi connectivity index (χ0n) is 7.59. The molecule has 0 N–H and O–H groups in total. The first-order valence-corrected chi connectivity index (χ1v) is 6.49. The van der Waals surface area contributed by atoms with Gasteiger partial charge in [0.05, 0.1) is 0 Å². The highest BCUT2D eigenvalue weighted by atomic mass is 32.2. The van der Waals surface area contributed by atoms with Gasteiger partial charge in [-0.05, 0) is 25.7 Å². The first-order valence-electron chi connectivity index (χ1n) is 4.43. The molecule has 0 saturated heterocycles. The zero-order chi connectivity index (χ0) is 10.1. The molecule has 0 aromatic heterocycles. The minimum Gasteiger partial charge on any atom is -0.381 e. The van der Waals surface area contributed by atoms with Crippen molar-refractivity contribution in [2.24, 2.45) is 0 Å². The van der Waals surface area contributed by atoms with Crippen molar-refractivity contribution in [1.82, 2.24) is 0 Å². The Labute approximate surface area is 103 Å². The lowest BCUT2D eigenvalue weighted by Gasteiger charge is -2.06. The topological polar surface area (TPSA) is 9.23 Å². The van der Waals surface area contributed by atoms with E-state index in [0.717, 1.165) is 38.9 Å². The molecular formula is C8H18OS4. The van der Waals surface area contributed by atoms with Crippen molar-refractivity contribution in [3.8, 4) is 0 Å². The predicted molar refractivity (Wildman–Crippen MR) is 72.8 cm³/mol. The van der Waals surface area contributed by atoms with E-state index in [0.29, 0.717) is 0 Å². The summed E-state index contributed by atoms with van der Waals surface area (Å²) in [7, 11) is 0. The van der Waals surface area contributed by atoms with Gasteiger partial charge in [-0.15, -0.1) is 0 Å². The van der Waals surface area contributed by atoms with Gasteiger partial charge in [0.25, 0.3) is 0 Å². The Morgan fingerprint density at radius 2 is 1.15 bits per heavy atom. The number of rotatable bonds is 8. The van der Waals surface area contributed by atoms with Gasteiger partial charge >= 0.3 is 0 Å². The van der Waals surface area contributed by atoms with Crippen LogP contribution in [0, 0.1) is 0 Å². The lowest BCUT2D eigenvalue weighted by Crippen LogP contribution is -2.00. The highest BCUT2D eigenvalue weighted by Gasteiger charge is 1.97. The quantitative estimate of drug-likeness (QED) is 0.297. The lowest BCUT2D eigenvalue weighted by molar-refractivity contribution is 0.128. The molecule has 0 saturated carbocycles. The monoisotopic (exact) mass is 258 g/mol. The predicted octanol–water partition coefficient (Wildman–Crippen LogP) is 2.93. The minimum absolute atomic E-state index is 0.183. The molecule has 0 heterocycles. The molecule has 0 aliphatic rings. The van der Waals surface area contributed by atoms with Crippen molar-refractivity contribution in [2.45, 2.75) is 34.8 Å². The highest BCUT2D eigenvalue weighted by Crippen LogP contribution is 2.09. The summed E-state index contributed by atoms with van der Waals surface area (Å²) in [4.78, 5) is 0. The second kappa shape index (κ2) is 9.90. The Morgan fingerprint density at radius 1 is 0.769 bits per heavy atom. The van der Waals surface area contributed by atoms with Crippen molar-refractivity contribution < 1.29 is 4.74 Å². The van der Waals surface area contributed by atoms with E-state index < -0.39 is 0 Å². The maximum atomic E-state index is 5.40. The molecule has 0 atom stereocenters. The number of hydrogen-bond donors (Lipinski definition) is 4. The van der Waals surface area contributed by atoms with E-state index in [9.17, 15) is 0 Å². The summed E-state index contributed by atoms with van der Waals surface area (Å²) in [5, 5.41) is 0. The second-order valence-corrected chi connectivity index (χ2v) is 6.17. The third-order valence-electron chi connectivity index (χ3n) is 1.50. The van der Waals surface area contributed by atoms with Crippen molar-refractivity contribution in [3.63, 3.8) is 0 Å². The molecule has 5 heteroatoms. The molecule has 1 nitrogen and oxygen atoms in total. The molecule has 0 rings (SSSR count). The summed E-state index contributed by atoms with van der Waals surface area (Å²) in [6.07, 6.45) is 4.05. The average molecular weight is 258 g/mol. The summed E-state index contributed by atoms with van der Waals surface area (Å²) in [6, 6.07) is 0. The van der Waals surface area contributed by atoms with Gasteiger partial charge in [0.15, 0.2) is 0 Å². The SMILES string of the molecule is SC(S)CCCOCCCC(S)S. The van der Waals surface area contributed by atoms with Crippen LogP contribution in [0.1, 0.15) is 25.7 Å². The molecule has 0 amide bonds. The number of hydrogen-bond acceptors (Lipinski definition) is 5. The van der Waals surface area contributed by atoms with Gasteiger partial charge in [0.2, 0.25) is 0 Å². The Bertz CT molecular complexity index is 96.3. The van der Waals surface area contributed by atoms with Gasteiger partial charge in [-0.1, -0.05) is 0 Å². The van der Waals surface area contributed by atoms with Crippen LogP contribution in [0.2, 0.25) is 0 Å². The Morgan fingerprint density at radius 3 is 1.46 bits per heavy atom. The van der Waals surface area contributed by atoms with Crippen molar-refractivity contribution >= 4 is 50.5 Å². The van der Waals surface area contributed by atoms with Crippen LogP contribution in [0.4, 0.5) is 0 Å². The fourth-order valence-corrected chi connectivity index (χ4v) is 1.57. The molecule has 80 valence electrons. The van der Waals surface area contributed by atoms with E-state index in [-0.39, 0.29) is 9.16 Å². The standard InChI is InChI=1S/C8H18OS4/c10-7(11)3-1-5-9-6-2-4-8(12)13/h7-8,10-13H,1-6H2. The van der Waals surface area contributed by atoms with Crippen molar-refractivity contribution in [1.29, 1.82) is 0 Å². The lowest BCUT2D eigenvalue weighted by atomic mass is 10.3. The van der Waals surface area contributed by atoms with Crippen LogP contribution in [0.5, 0.6) is 0 Å². The number of ether oxygens (including phenoxy) is 1. The maximum Gasteiger partial charge on any atom is 0.0466 e. The van der Waals surface area contributed by atoms with E-state index in [1.165, 1.54) is 0 Å². The van der Waals surface area contributed by atoms with Gasteiger partial charge in [-0.3, -0.25) is 0 Å². The van der Waals surface area contributed by atoms with Crippen LogP contribution in [0.15, 0.2) is 0 Å². The molecule has 0 aliphatic heterocycles. The van der Waals surface area contributed by atoms with E-state index in [4.69, 9.17) is 4.74 Å². The fourth-order valence-electron chi connectivity index (χ4n) is 0.838. The Hall–Kier alpha value is 1.36. The van der Waals surface area contributed by atoms with Crippen molar-refractivity contribution in [3.05, 3.63) is 0 Å². The summed E-state index contributed by atoms with van der Waals surface area (Å²) in [5.74, 6) is 0. The average Bonchev–Trinajstić information content (AvgIpc) is 2.01. The summed E-state index contributed by atoms with van der Waals surface area (Å²) in [6.45, 7) is 1.61.